The minimum absolute atomic E-state index is 0.00512. The van der Waals surface area contributed by atoms with Gasteiger partial charge in [0.1, 0.15) is 10.7 Å². The number of hydrogen-bond acceptors (Lipinski definition) is 5. The van der Waals surface area contributed by atoms with Crippen molar-refractivity contribution in [2.24, 2.45) is 0 Å². The van der Waals surface area contributed by atoms with E-state index in [2.05, 4.69) is 5.32 Å². The second-order valence-electron chi connectivity index (χ2n) is 5.38. The number of fused-ring (bicyclic) bond motifs is 1. The lowest BCUT2D eigenvalue weighted by Gasteiger charge is -2.08. The van der Waals surface area contributed by atoms with Crippen LogP contribution in [0, 0.1) is 5.82 Å². The summed E-state index contributed by atoms with van der Waals surface area (Å²) in [6.45, 7) is 0. The Balaban J connectivity index is 1.69. The van der Waals surface area contributed by atoms with E-state index in [0.717, 1.165) is 9.58 Å². The predicted molar refractivity (Wildman–Crippen MR) is 107 cm³/mol. The van der Waals surface area contributed by atoms with Crippen LogP contribution in [0.5, 0.6) is 5.75 Å². The van der Waals surface area contributed by atoms with E-state index in [0.29, 0.717) is 15.8 Å². The van der Waals surface area contributed by atoms with Crippen molar-refractivity contribution in [3.63, 3.8) is 0 Å². The fraction of sp³-hybridized carbons (Fsp3) is 0. The summed E-state index contributed by atoms with van der Waals surface area (Å²) in [6.07, 6.45) is 1.50. The third kappa shape index (κ3) is 3.05. The Labute approximate surface area is 160 Å². The van der Waals surface area contributed by atoms with E-state index in [-0.39, 0.29) is 16.4 Å². The van der Waals surface area contributed by atoms with Gasteiger partial charge in [-0.05, 0) is 29.0 Å². The van der Waals surface area contributed by atoms with Gasteiger partial charge in [0.15, 0.2) is 5.75 Å². The van der Waals surface area contributed by atoms with Crippen molar-refractivity contribution in [1.29, 1.82) is 0 Å². The highest BCUT2D eigenvalue weighted by atomic mass is 32.1. The molecule has 7 heteroatoms. The number of nitrogens with one attached hydrogen (secondary N) is 1. The summed E-state index contributed by atoms with van der Waals surface area (Å²) in [6, 6.07) is 12.0. The number of thiophene rings is 3. The lowest BCUT2D eigenvalue weighted by atomic mass is 10.0. The highest BCUT2D eigenvalue weighted by Gasteiger charge is 2.19. The van der Waals surface area contributed by atoms with E-state index in [4.69, 9.17) is 0 Å². The van der Waals surface area contributed by atoms with E-state index in [1.807, 2.05) is 29.0 Å². The van der Waals surface area contributed by atoms with Crippen LogP contribution >= 0.6 is 34.0 Å². The first-order valence-electron chi connectivity index (χ1n) is 7.64. The molecule has 26 heavy (non-hydrogen) atoms. The summed E-state index contributed by atoms with van der Waals surface area (Å²) >= 11 is 4.08. The van der Waals surface area contributed by atoms with Crippen LogP contribution in [0.25, 0.3) is 15.0 Å². The van der Waals surface area contributed by atoms with Crippen molar-refractivity contribution in [3.05, 3.63) is 80.6 Å². The number of amides is 1. The third-order valence-corrected chi connectivity index (χ3v) is 6.87. The summed E-state index contributed by atoms with van der Waals surface area (Å²) in [5.74, 6) is -0.781. The van der Waals surface area contributed by atoms with Gasteiger partial charge in [-0.1, -0.05) is 24.3 Å². The maximum absolute atomic E-state index is 14.3. The first kappa shape index (κ1) is 17.0. The van der Waals surface area contributed by atoms with Gasteiger partial charge in [0, 0.05) is 26.9 Å². The molecule has 0 saturated heterocycles. The Morgan fingerprint density at radius 1 is 1.08 bits per heavy atom. The van der Waals surface area contributed by atoms with Crippen LogP contribution in [0.3, 0.4) is 0 Å². The molecule has 3 heterocycles. The zero-order valence-electron chi connectivity index (χ0n) is 13.2. The monoisotopic (exact) mass is 401 g/mol. The van der Waals surface area contributed by atoms with Gasteiger partial charge in [-0.25, -0.2) is 4.39 Å². The molecule has 1 aromatic carbocycles. The molecular formula is C19H12FNO2S3. The van der Waals surface area contributed by atoms with Crippen LogP contribution in [0.2, 0.25) is 0 Å². The summed E-state index contributed by atoms with van der Waals surface area (Å²) < 4.78 is 15.8. The van der Waals surface area contributed by atoms with Gasteiger partial charge in [-0.3, -0.25) is 4.79 Å². The van der Waals surface area contributed by atoms with Gasteiger partial charge in [0.2, 0.25) is 0 Å². The lowest BCUT2D eigenvalue weighted by Crippen LogP contribution is -2.16. The molecule has 130 valence electrons. The topological polar surface area (TPSA) is 49.3 Å². The molecule has 0 fully saturated rings. The highest BCUT2D eigenvalue weighted by molar-refractivity contribution is 7.28. The average molecular weight is 402 g/mol. The zero-order chi connectivity index (χ0) is 18.1. The summed E-state index contributed by atoms with van der Waals surface area (Å²) in [5, 5.41) is 16.7. The van der Waals surface area contributed by atoms with Gasteiger partial charge in [-0.15, -0.1) is 34.0 Å². The van der Waals surface area contributed by atoms with Gasteiger partial charge >= 0.3 is 0 Å². The molecule has 0 saturated carbocycles. The van der Waals surface area contributed by atoms with Gasteiger partial charge < -0.3 is 10.4 Å². The first-order valence-corrected chi connectivity index (χ1v) is 10.2. The summed E-state index contributed by atoms with van der Waals surface area (Å²) in [4.78, 5) is 13.6. The quantitative estimate of drug-likeness (QED) is 0.462. The van der Waals surface area contributed by atoms with Crippen LogP contribution in [-0.2, 0) is 0 Å². The van der Waals surface area contributed by atoms with Crippen LogP contribution in [0.15, 0.2) is 59.4 Å². The van der Waals surface area contributed by atoms with Crippen molar-refractivity contribution in [2.75, 3.05) is 0 Å². The fourth-order valence-corrected chi connectivity index (χ4v) is 5.37. The molecule has 4 rings (SSSR count). The minimum atomic E-state index is -0.415. The van der Waals surface area contributed by atoms with Crippen molar-refractivity contribution in [2.45, 2.75) is 0 Å². The zero-order valence-corrected chi connectivity index (χ0v) is 15.7. The Morgan fingerprint density at radius 2 is 1.92 bits per heavy atom. The van der Waals surface area contributed by atoms with E-state index < -0.39 is 5.91 Å². The fourth-order valence-electron chi connectivity index (χ4n) is 2.56. The Kier molecular flexibility index (Phi) is 4.58. The number of hydrogen-bond donors (Lipinski definition) is 2. The molecule has 0 aliphatic heterocycles. The molecule has 1 amide bonds. The number of rotatable bonds is 4. The molecule has 3 nitrogen and oxygen atoms in total. The molecular weight excluding hydrogens is 389 g/mol. The second kappa shape index (κ2) is 7.03. The number of carbonyl (C=O) groups is 1. The lowest BCUT2D eigenvalue weighted by molar-refractivity contribution is 0.0972. The van der Waals surface area contributed by atoms with Crippen LogP contribution in [0.4, 0.5) is 4.39 Å². The van der Waals surface area contributed by atoms with Crippen molar-refractivity contribution < 1.29 is 14.3 Å². The maximum atomic E-state index is 14.3. The van der Waals surface area contributed by atoms with E-state index in [1.165, 1.54) is 46.3 Å². The van der Waals surface area contributed by atoms with E-state index in [1.54, 1.807) is 18.2 Å². The third-order valence-electron chi connectivity index (χ3n) is 3.78. The molecule has 0 atom stereocenters. The normalized spacial score (nSPS) is 11.8. The molecule has 0 bridgehead atoms. The van der Waals surface area contributed by atoms with Gasteiger partial charge in [0.25, 0.3) is 5.91 Å². The molecule has 0 aliphatic rings. The largest absolute Gasteiger partial charge is 0.505 e. The molecule has 0 unspecified atom stereocenters. The number of halogens is 1. The molecule has 0 spiro atoms. The number of benzene rings is 1. The SMILES string of the molecule is O=C(N/C=C(\c1cccs1)c1ccccc1F)c1sc2ccsc2c1O. The standard InChI is InChI=1S/C19H12FNO2S3/c20-13-5-2-1-4-11(13)12(14-6-3-8-24-14)10-21-19(23)18-16(22)17-15(26-18)7-9-25-17/h1-10,22H,(H,21,23)/b12-10-. The van der Waals surface area contributed by atoms with Crippen LogP contribution < -0.4 is 5.32 Å². The number of carbonyl (C=O) groups excluding carboxylic acids is 1. The van der Waals surface area contributed by atoms with E-state index >= 15 is 0 Å². The number of aromatic hydroxyl groups is 1. The Hall–Kier alpha value is -2.48. The second-order valence-corrected chi connectivity index (χ2v) is 8.30. The Morgan fingerprint density at radius 3 is 2.65 bits per heavy atom. The Bertz CT molecular complexity index is 1110. The molecule has 0 aliphatic carbocycles. The average Bonchev–Trinajstić information content (AvgIpc) is 3.36. The summed E-state index contributed by atoms with van der Waals surface area (Å²) in [7, 11) is 0. The molecule has 2 N–H and O–H groups in total. The van der Waals surface area contributed by atoms with Crippen LogP contribution in [0.1, 0.15) is 20.1 Å². The van der Waals surface area contributed by atoms with Crippen molar-refractivity contribution >= 4 is 54.9 Å². The van der Waals surface area contributed by atoms with Gasteiger partial charge in [0.05, 0.1) is 4.70 Å². The predicted octanol–water partition coefficient (Wildman–Crippen LogP) is 5.69. The van der Waals surface area contributed by atoms with Crippen LogP contribution in [-0.4, -0.2) is 11.0 Å². The van der Waals surface area contributed by atoms with Crippen molar-refractivity contribution in [1.82, 2.24) is 5.32 Å². The highest BCUT2D eigenvalue weighted by Crippen LogP contribution is 2.40. The van der Waals surface area contributed by atoms with Gasteiger partial charge in [-0.2, -0.15) is 0 Å². The molecule has 4 aromatic rings. The van der Waals surface area contributed by atoms with E-state index in [9.17, 15) is 14.3 Å². The summed E-state index contributed by atoms with van der Waals surface area (Å²) in [5.41, 5.74) is 0.996. The minimum Gasteiger partial charge on any atom is -0.505 e. The maximum Gasteiger partial charge on any atom is 0.269 e. The molecule has 0 radical (unpaired) electrons. The smallest absolute Gasteiger partial charge is 0.269 e. The van der Waals surface area contributed by atoms with Crippen molar-refractivity contribution in [3.8, 4) is 5.75 Å². The first-order chi connectivity index (χ1) is 12.6. The molecule has 3 aromatic heterocycles.